The number of fused-ring (bicyclic) bond motifs is 1. The van der Waals surface area contributed by atoms with Gasteiger partial charge >= 0.3 is 0 Å². The summed E-state index contributed by atoms with van der Waals surface area (Å²) in [7, 11) is 0. The largest absolute Gasteiger partial charge is 0.300 e. The number of halogens is 1. The molecule has 8 heteroatoms. The molecule has 0 fully saturated rings. The summed E-state index contributed by atoms with van der Waals surface area (Å²) in [5, 5.41) is 5.02. The minimum absolute atomic E-state index is 0.139. The van der Waals surface area contributed by atoms with Gasteiger partial charge in [0.2, 0.25) is 5.91 Å². The molecule has 0 atom stereocenters. The van der Waals surface area contributed by atoms with Crippen LogP contribution < -0.4 is 10.9 Å². The number of thiazole rings is 1. The van der Waals surface area contributed by atoms with E-state index in [4.69, 9.17) is 0 Å². The minimum Gasteiger partial charge on any atom is -0.300 e. The second-order valence-electron chi connectivity index (χ2n) is 4.68. The summed E-state index contributed by atoms with van der Waals surface area (Å²) in [6.45, 7) is 1.61. The van der Waals surface area contributed by atoms with E-state index in [0.29, 0.717) is 10.6 Å². The highest BCUT2D eigenvalue weighted by molar-refractivity contribution is 7.13. The number of carbonyl (C=O) groups is 1. The van der Waals surface area contributed by atoms with Gasteiger partial charge in [-0.25, -0.2) is 14.4 Å². The van der Waals surface area contributed by atoms with Crippen molar-refractivity contribution in [2.45, 2.75) is 13.5 Å². The van der Waals surface area contributed by atoms with Crippen LogP contribution in [0, 0.1) is 12.7 Å². The van der Waals surface area contributed by atoms with Gasteiger partial charge in [-0.1, -0.05) is 0 Å². The standard InChI is InChI=1S/C14H11FN4O2S/c1-8-6-22-14(17-8)18-12(20)5-19-7-16-11-3-2-9(15)4-10(11)13(19)21/h2-4,6-7H,5H2,1H3,(H,17,18,20). The first-order valence-corrected chi connectivity index (χ1v) is 7.27. The number of carbonyl (C=O) groups excluding carboxylic acids is 1. The third-order valence-corrected chi connectivity index (χ3v) is 3.84. The average molecular weight is 318 g/mol. The average Bonchev–Trinajstić information content (AvgIpc) is 2.87. The van der Waals surface area contributed by atoms with Gasteiger partial charge in [-0.2, -0.15) is 0 Å². The molecule has 1 N–H and O–H groups in total. The Bertz CT molecular complexity index is 919. The Kier molecular flexibility index (Phi) is 3.68. The van der Waals surface area contributed by atoms with E-state index >= 15 is 0 Å². The molecule has 0 aliphatic heterocycles. The number of nitrogens with one attached hydrogen (secondary N) is 1. The van der Waals surface area contributed by atoms with Crippen LogP contribution in [0.15, 0.2) is 34.7 Å². The molecule has 1 amide bonds. The Hall–Kier alpha value is -2.61. The quantitative estimate of drug-likeness (QED) is 0.800. The maximum Gasteiger partial charge on any atom is 0.261 e. The summed E-state index contributed by atoms with van der Waals surface area (Å²) in [5.41, 5.74) is 0.730. The number of aromatic nitrogens is 3. The van der Waals surface area contributed by atoms with Crippen molar-refractivity contribution in [2.75, 3.05) is 5.32 Å². The van der Waals surface area contributed by atoms with Crippen LogP contribution in [0.2, 0.25) is 0 Å². The van der Waals surface area contributed by atoms with Crippen molar-refractivity contribution in [3.63, 3.8) is 0 Å². The predicted octanol–water partition coefficient (Wildman–Crippen LogP) is 1.94. The Labute approximate surface area is 128 Å². The van der Waals surface area contributed by atoms with Crippen molar-refractivity contribution >= 4 is 33.3 Å². The van der Waals surface area contributed by atoms with Crippen molar-refractivity contribution < 1.29 is 9.18 Å². The summed E-state index contributed by atoms with van der Waals surface area (Å²) in [6.07, 6.45) is 1.27. The number of rotatable bonds is 3. The monoisotopic (exact) mass is 318 g/mol. The van der Waals surface area contributed by atoms with Gasteiger partial charge in [-0.3, -0.25) is 14.2 Å². The number of hydrogen-bond acceptors (Lipinski definition) is 5. The van der Waals surface area contributed by atoms with E-state index in [-0.39, 0.29) is 11.9 Å². The molecule has 0 aliphatic carbocycles. The summed E-state index contributed by atoms with van der Waals surface area (Å²) < 4.78 is 14.4. The summed E-state index contributed by atoms with van der Waals surface area (Å²) >= 11 is 1.30. The smallest absolute Gasteiger partial charge is 0.261 e. The molecular weight excluding hydrogens is 307 g/mol. The highest BCUT2D eigenvalue weighted by Crippen LogP contribution is 2.14. The fourth-order valence-electron chi connectivity index (χ4n) is 1.97. The second-order valence-corrected chi connectivity index (χ2v) is 5.54. The van der Waals surface area contributed by atoms with Crippen LogP contribution in [0.4, 0.5) is 9.52 Å². The van der Waals surface area contributed by atoms with Gasteiger partial charge in [0.25, 0.3) is 5.56 Å². The molecule has 1 aromatic carbocycles. The van der Waals surface area contributed by atoms with E-state index in [0.717, 1.165) is 16.3 Å². The fourth-order valence-corrected chi connectivity index (χ4v) is 2.67. The Morgan fingerprint density at radius 1 is 1.45 bits per heavy atom. The zero-order chi connectivity index (χ0) is 15.7. The molecule has 0 saturated heterocycles. The van der Waals surface area contributed by atoms with Gasteiger partial charge in [-0.05, 0) is 25.1 Å². The van der Waals surface area contributed by atoms with E-state index in [9.17, 15) is 14.0 Å². The van der Waals surface area contributed by atoms with Gasteiger partial charge in [0.05, 0.1) is 22.9 Å². The maximum absolute atomic E-state index is 13.2. The van der Waals surface area contributed by atoms with Crippen molar-refractivity contribution in [2.24, 2.45) is 0 Å². The van der Waals surface area contributed by atoms with E-state index in [1.54, 1.807) is 0 Å². The highest BCUT2D eigenvalue weighted by atomic mass is 32.1. The van der Waals surface area contributed by atoms with Crippen molar-refractivity contribution in [1.82, 2.24) is 14.5 Å². The number of nitrogens with zero attached hydrogens (tertiary/aromatic N) is 3. The van der Waals surface area contributed by atoms with E-state index in [1.165, 1.54) is 29.8 Å². The van der Waals surface area contributed by atoms with Gasteiger partial charge in [0.1, 0.15) is 12.4 Å². The molecule has 0 aliphatic rings. The summed E-state index contributed by atoms with van der Waals surface area (Å²) in [4.78, 5) is 32.3. The third-order valence-electron chi connectivity index (χ3n) is 2.97. The molecule has 0 spiro atoms. The first-order valence-electron chi connectivity index (χ1n) is 6.39. The van der Waals surface area contributed by atoms with Gasteiger partial charge in [0, 0.05) is 5.38 Å². The highest BCUT2D eigenvalue weighted by Gasteiger charge is 2.10. The van der Waals surface area contributed by atoms with Gasteiger partial charge < -0.3 is 5.32 Å². The number of benzene rings is 1. The van der Waals surface area contributed by atoms with Crippen LogP contribution >= 0.6 is 11.3 Å². The van der Waals surface area contributed by atoms with Gasteiger partial charge in [-0.15, -0.1) is 11.3 Å². The molecule has 112 valence electrons. The first-order chi connectivity index (χ1) is 10.5. The zero-order valence-electron chi connectivity index (χ0n) is 11.5. The molecule has 0 bridgehead atoms. The fraction of sp³-hybridized carbons (Fsp3) is 0.143. The Morgan fingerprint density at radius 2 is 2.27 bits per heavy atom. The maximum atomic E-state index is 13.2. The van der Waals surface area contributed by atoms with E-state index < -0.39 is 17.3 Å². The molecule has 6 nitrogen and oxygen atoms in total. The summed E-state index contributed by atoms with van der Waals surface area (Å²) in [6, 6.07) is 3.77. The molecule has 0 unspecified atom stereocenters. The first kappa shape index (κ1) is 14.3. The number of hydrogen-bond donors (Lipinski definition) is 1. The number of amides is 1. The van der Waals surface area contributed by atoms with Crippen molar-refractivity contribution in [3.05, 3.63) is 51.8 Å². The van der Waals surface area contributed by atoms with Crippen molar-refractivity contribution in [3.8, 4) is 0 Å². The van der Waals surface area contributed by atoms with E-state index in [2.05, 4.69) is 15.3 Å². The second kappa shape index (κ2) is 5.64. The predicted molar refractivity (Wildman–Crippen MR) is 81.4 cm³/mol. The molecule has 2 aromatic heterocycles. The van der Waals surface area contributed by atoms with E-state index in [1.807, 2.05) is 12.3 Å². The van der Waals surface area contributed by atoms with Crippen LogP contribution in [-0.2, 0) is 11.3 Å². The molecule has 3 rings (SSSR count). The lowest BCUT2D eigenvalue weighted by Gasteiger charge is -2.06. The third kappa shape index (κ3) is 2.86. The minimum atomic E-state index is -0.521. The molecule has 2 heterocycles. The molecule has 0 saturated carbocycles. The normalized spacial score (nSPS) is 10.8. The van der Waals surface area contributed by atoms with Crippen LogP contribution in [0.25, 0.3) is 10.9 Å². The molecule has 0 radical (unpaired) electrons. The lowest BCUT2D eigenvalue weighted by molar-refractivity contribution is -0.116. The SMILES string of the molecule is Cc1csc(NC(=O)Cn2cnc3ccc(F)cc3c2=O)n1. The topological polar surface area (TPSA) is 76.9 Å². The molecular formula is C14H11FN4O2S. The molecule has 22 heavy (non-hydrogen) atoms. The summed E-state index contributed by atoms with van der Waals surface area (Å²) in [5.74, 6) is -0.916. The Balaban J connectivity index is 1.86. The van der Waals surface area contributed by atoms with Crippen LogP contribution in [-0.4, -0.2) is 20.4 Å². The molecule has 3 aromatic rings. The number of anilines is 1. The van der Waals surface area contributed by atoms with Crippen LogP contribution in [0.3, 0.4) is 0 Å². The number of aryl methyl sites for hydroxylation is 1. The van der Waals surface area contributed by atoms with Crippen LogP contribution in [0.1, 0.15) is 5.69 Å². The lowest BCUT2D eigenvalue weighted by Crippen LogP contribution is -2.27. The van der Waals surface area contributed by atoms with Crippen LogP contribution in [0.5, 0.6) is 0 Å². The van der Waals surface area contributed by atoms with Crippen molar-refractivity contribution in [1.29, 1.82) is 0 Å². The lowest BCUT2D eigenvalue weighted by atomic mass is 10.2. The zero-order valence-corrected chi connectivity index (χ0v) is 12.4. The Morgan fingerprint density at radius 3 is 3.00 bits per heavy atom. The van der Waals surface area contributed by atoms with Gasteiger partial charge in [0.15, 0.2) is 5.13 Å².